The van der Waals surface area contributed by atoms with Crippen LogP contribution in [0, 0.1) is 0 Å². The topological polar surface area (TPSA) is 0 Å². The predicted octanol–water partition coefficient (Wildman–Crippen LogP) is 4.62. The zero-order chi connectivity index (χ0) is 10.8. The van der Waals surface area contributed by atoms with E-state index in [0.29, 0.717) is 0 Å². The van der Waals surface area contributed by atoms with Crippen LogP contribution < -0.4 is 0 Å². The third-order valence-electron chi connectivity index (χ3n) is 2.34. The summed E-state index contributed by atoms with van der Waals surface area (Å²) in [5.41, 5.74) is 2.86. The lowest BCUT2D eigenvalue weighted by molar-refractivity contribution is 0.886. The van der Waals surface area contributed by atoms with Gasteiger partial charge in [-0.05, 0) is 24.0 Å². The highest BCUT2D eigenvalue weighted by Gasteiger charge is 1.88. The Hall–Kier alpha value is -0.780. The molecule has 0 nitrogen and oxygen atoms in total. The van der Waals surface area contributed by atoms with E-state index >= 15 is 0 Å². The highest BCUT2D eigenvalue weighted by atomic mass is 13.9. The quantitative estimate of drug-likeness (QED) is 0.655. The second-order valence-corrected chi connectivity index (χ2v) is 3.52. The molecule has 0 spiro atoms. The normalized spacial score (nSPS) is 9.14. The van der Waals surface area contributed by atoms with Crippen LogP contribution in [-0.2, 0) is 12.8 Å². The molecule has 80 valence electrons. The van der Waals surface area contributed by atoms with E-state index in [1.807, 2.05) is 0 Å². The van der Waals surface area contributed by atoms with Crippen molar-refractivity contribution in [1.29, 1.82) is 0 Å². The lowest BCUT2D eigenvalue weighted by Gasteiger charge is -1.97. The van der Waals surface area contributed by atoms with Gasteiger partial charge in [-0.25, -0.2) is 0 Å². The maximum absolute atomic E-state index is 2.21. The summed E-state index contributed by atoms with van der Waals surface area (Å²) in [6.07, 6.45) is 4.92. The number of aryl methyl sites for hydroxylation is 2. The van der Waals surface area contributed by atoms with Crippen LogP contribution in [0.4, 0.5) is 0 Å². The van der Waals surface area contributed by atoms with Gasteiger partial charge < -0.3 is 0 Å². The first-order valence-corrected chi connectivity index (χ1v) is 5.86. The van der Waals surface area contributed by atoms with Gasteiger partial charge in [0.25, 0.3) is 0 Å². The van der Waals surface area contributed by atoms with Gasteiger partial charge in [-0.2, -0.15) is 0 Å². The van der Waals surface area contributed by atoms with Crippen LogP contribution in [0.2, 0.25) is 0 Å². The van der Waals surface area contributed by atoms with E-state index in [0.717, 1.165) is 12.8 Å². The van der Waals surface area contributed by atoms with Gasteiger partial charge >= 0.3 is 0 Å². The fourth-order valence-electron chi connectivity index (χ4n) is 1.01. The van der Waals surface area contributed by atoms with Crippen LogP contribution in [0.5, 0.6) is 0 Å². The maximum Gasteiger partial charge on any atom is -0.0307 e. The summed E-state index contributed by atoms with van der Waals surface area (Å²) >= 11 is 0. The molecule has 1 aromatic rings. The molecule has 0 N–H and O–H groups in total. The monoisotopic (exact) mass is 192 g/mol. The van der Waals surface area contributed by atoms with Gasteiger partial charge in [0.05, 0.1) is 0 Å². The molecule has 0 bridgehead atoms. The highest BCUT2D eigenvalue weighted by Crippen LogP contribution is 2.04. The van der Waals surface area contributed by atoms with Crippen molar-refractivity contribution >= 4 is 0 Å². The fraction of sp³-hybridized carbons (Fsp3) is 0.571. The van der Waals surface area contributed by atoms with Crippen LogP contribution in [0.25, 0.3) is 0 Å². The van der Waals surface area contributed by atoms with E-state index in [1.165, 1.54) is 24.0 Å². The molecule has 0 heteroatoms. The molecule has 0 fully saturated rings. The standard InChI is InChI=1S/C10H14.C4H10/c1-3-9-5-7-10(4-2)8-6-9;1-3-4-2/h5-8H,3-4H2,1-2H3;3-4H2,1-2H3. The molecule has 0 aliphatic carbocycles. The molecule has 0 saturated carbocycles. The van der Waals surface area contributed by atoms with Gasteiger partial charge in [-0.3, -0.25) is 0 Å². The average Bonchev–Trinajstić information content (AvgIpc) is 2.29. The Labute approximate surface area is 89.4 Å². The van der Waals surface area contributed by atoms with Crippen LogP contribution in [0.3, 0.4) is 0 Å². The van der Waals surface area contributed by atoms with Gasteiger partial charge in [-0.1, -0.05) is 64.8 Å². The van der Waals surface area contributed by atoms with E-state index in [4.69, 9.17) is 0 Å². The van der Waals surface area contributed by atoms with Gasteiger partial charge in [0.15, 0.2) is 0 Å². The first-order valence-electron chi connectivity index (χ1n) is 5.86. The number of unbranched alkanes of at least 4 members (excludes halogenated alkanes) is 1. The van der Waals surface area contributed by atoms with Crippen molar-refractivity contribution < 1.29 is 0 Å². The van der Waals surface area contributed by atoms with E-state index in [1.54, 1.807) is 0 Å². The molecule has 0 aliphatic heterocycles. The molecule has 0 unspecified atom stereocenters. The van der Waals surface area contributed by atoms with Crippen LogP contribution in [0.15, 0.2) is 24.3 Å². The Balaban J connectivity index is 0.000000364. The molecular formula is C14H24. The number of hydrogen-bond donors (Lipinski definition) is 0. The molecule has 0 saturated heterocycles. The summed E-state index contributed by atoms with van der Waals surface area (Å²) in [4.78, 5) is 0. The number of benzene rings is 1. The summed E-state index contributed by atoms with van der Waals surface area (Å²) in [5.74, 6) is 0. The van der Waals surface area contributed by atoms with Crippen molar-refractivity contribution in [2.24, 2.45) is 0 Å². The third kappa shape index (κ3) is 5.80. The van der Waals surface area contributed by atoms with Crippen LogP contribution >= 0.6 is 0 Å². The first kappa shape index (κ1) is 13.2. The molecule has 0 aromatic heterocycles. The van der Waals surface area contributed by atoms with Crippen molar-refractivity contribution in [3.05, 3.63) is 35.4 Å². The van der Waals surface area contributed by atoms with Crippen molar-refractivity contribution in [2.45, 2.75) is 53.4 Å². The fourth-order valence-corrected chi connectivity index (χ4v) is 1.01. The second kappa shape index (κ2) is 8.80. The molecule has 0 radical (unpaired) electrons. The van der Waals surface area contributed by atoms with Crippen molar-refractivity contribution in [3.8, 4) is 0 Å². The first-order chi connectivity index (χ1) is 6.78. The smallest absolute Gasteiger partial charge is 0.0307 e. The molecular weight excluding hydrogens is 168 g/mol. The Morgan fingerprint density at radius 1 is 0.643 bits per heavy atom. The molecule has 0 amide bonds. The zero-order valence-electron chi connectivity index (χ0n) is 10.1. The summed E-state index contributed by atoms with van der Waals surface area (Å²) < 4.78 is 0. The second-order valence-electron chi connectivity index (χ2n) is 3.52. The van der Waals surface area contributed by atoms with E-state index in [2.05, 4.69) is 52.0 Å². The third-order valence-corrected chi connectivity index (χ3v) is 2.34. The van der Waals surface area contributed by atoms with Crippen LogP contribution in [-0.4, -0.2) is 0 Å². The summed E-state index contributed by atoms with van der Waals surface area (Å²) in [5, 5.41) is 0. The van der Waals surface area contributed by atoms with Gasteiger partial charge in [0, 0.05) is 0 Å². The van der Waals surface area contributed by atoms with Gasteiger partial charge in [0.1, 0.15) is 0 Å². The minimum atomic E-state index is 1.14. The minimum Gasteiger partial charge on any atom is -0.0654 e. The lowest BCUT2D eigenvalue weighted by Crippen LogP contribution is -1.81. The summed E-state index contributed by atoms with van der Waals surface area (Å²) in [6.45, 7) is 8.72. The molecule has 0 heterocycles. The molecule has 1 aromatic carbocycles. The number of rotatable bonds is 3. The number of hydrogen-bond acceptors (Lipinski definition) is 0. The van der Waals surface area contributed by atoms with Crippen molar-refractivity contribution in [1.82, 2.24) is 0 Å². The Bertz CT molecular complexity index is 183. The largest absolute Gasteiger partial charge is 0.0654 e. The van der Waals surface area contributed by atoms with E-state index in [-0.39, 0.29) is 0 Å². The van der Waals surface area contributed by atoms with Crippen molar-refractivity contribution in [3.63, 3.8) is 0 Å². The molecule has 0 atom stereocenters. The van der Waals surface area contributed by atoms with E-state index < -0.39 is 0 Å². The minimum absolute atomic E-state index is 1.14. The average molecular weight is 192 g/mol. The maximum atomic E-state index is 2.21. The summed E-state index contributed by atoms with van der Waals surface area (Å²) in [7, 11) is 0. The van der Waals surface area contributed by atoms with E-state index in [9.17, 15) is 0 Å². The lowest BCUT2D eigenvalue weighted by atomic mass is 10.1. The SMILES string of the molecule is CCCC.CCc1ccc(CC)cc1. The molecule has 1 rings (SSSR count). The summed E-state index contributed by atoms with van der Waals surface area (Å²) in [6, 6.07) is 8.83. The Morgan fingerprint density at radius 2 is 0.929 bits per heavy atom. The predicted molar refractivity (Wildman–Crippen MR) is 65.8 cm³/mol. The van der Waals surface area contributed by atoms with Crippen LogP contribution in [0.1, 0.15) is 51.7 Å². The zero-order valence-corrected chi connectivity index (χ0v) is 10.1. The molecule has 0 aliphatic rings. The highest BCUT2D eigenvalue weighted by molar-refractivity contribution is 5.22. The van der Waals surface area contributed by atoms with Gasteiger partial charge in [-0.15, -0.1) is 0 Å². The Morgan fingerprint density at radius 3 is 1.07 bits per heavy atom. The van der Waals surface area contributed by atoms with Crippen molar-refractivity contribution in [2.75, 3.05) is 0 Å². The van der Waals surface area contributed by atoms with Gasteiger partial charge in [0.2, 0.25) is 0 Å². The Kier molecular flexibility index (Phi) is 8.31. The molecule has 14 heavy (non-hydrogen) atoms.